The van der Waals surface area contributed by atoms with Crippen molar-refractivity contribution >= 4 is 16.8 Å². The highest BCUT2D eigenvalue weighted by molar-refractivity contribution is 6.09. The van der Waals surface area contributed by atoms with E-state index in [0.29, 0.717) is 16.7 Å². The van der Waals surface area contributed by atoms with Gasteiger partial charge in [0.25, 0.3) is 0 Å². The Bertz CT molecular complexity index is 815. The van der Waals surface area contributed by atoms with Crippen molar-refractivity contribution in [1.82, 2.24) is 0 Å². The van der Waals surface area contributed by atoms with E-state index in [1.807, 2.05) is 25.1 Å². The van der Waals surface area contributed by atoms with Crippen LogP contribution < -0.4 is 0 Å². The van der Waals surface area contributed by atoms with E-state index in [1.165, 1.54) is 18.2 Å². The highest BCUT2D eigenvalue weighted by Gasteiger charge is 2.16. The Kier molecular flexibility index (Phi) is 2.90. The molecule has 0 aliphatic heterocycles. The fraction of sp³-hybridized carbons (Fsp3) is 0.118. The van der Waals surface area contributed by atoms with Crippen molar-refractivity contribution in [3.8, 4) is 0 Å². The summed E-state index contributed by atoms with van der Waals surface area (Å²) < 4.78 is 18.7. The van der Waals surface area contributed by atoms with Gasteiger partial charge in [0.15, 0.2) is 5.76 Å². The van der Waals surface area contributed by atoms with Gasteiger partial charge in [-0.15, -0.1) is 0 Å². The quantitative estimate of drug-likeness (QED) is 0.644. The lowest BCUT2D eigenvalue weighted by Crippen LogP contribution is -2.02. The molecule has 100 valence electrons. The molecule has 3 heteroatoms. The van der Waals surface area contributed by atoms with Crippen molar-refractivity contribution in [3.63, 3.8) is 0 Å². The molecule has 0 fully saturated rings. The third kappa shape index (κ3) is 2.11. The molecular weight excluding hydrogens is 255 g/mol. The summed E-state index contributed by atoms with van der Waals surface area (Å²) in [4.78, 5) is 12.4. The van der Waals surface area contributed by atoms with E-state index in [4.69, 9.17) is 4.42 Å². The van der Waals surface area contributed by atoms with Crippen molar-refractivity contribution in [1.29, 1.82) is 0 Å². The Morgan fingerprint density at radius 3 is 2.60 bits per heavy atom. The monoisotopic (exact) mass is 268 g/mol. The molecule has 0 bridgehead atoms. The predicted octanol–water partition coefficient (Wildman–Crippen LogP) is 4.42. The van der Waals surface area contributed by atoms with E-state index in [1.54, 1.807) is 13.0 Å². The maximum atomic E-state index is 13.1. The third-order valence-electron chi connectivity index (χ3n) is 3.33. The van der Waals surface area contributed by atoms with E-state index < -0.39 is 0 Å². The summed E-state index contributed by atoms with van der Waals surface area (Å²) >= 11 is 0. The number of aryl methyl sites for hydroxylation is 2. The summed E-state index contributed by atoms with van der Waals surface area (Å²) in [6, 6.07) is 11.6. The summed E-state index contributed by atoms with van der Waals surface area (Å²) in [6.45, 7) is 3.70. The van der Waals surface area contributed by atoms with Gasteiger partial charge in [0, 0.05) is 10.9 Å². The second-order valence-electron chi connectivity index (χ2n) is 4.94. The minimum Gasteiger partial charge on any atom is -0.453 e. The van der Waals surface area contributed by atoms with Crippen LogP contribution in [0.5, 0.6) is 0 Å². The fourth-order valence-corrected chi connectivity index (χ4v) is 2.29. The number of hydrogen-bond donors (Lipinski definition) is 0. The second kappa shape index (κ2) is 4.60. The van der Waals surface area contributed by atoms with Gasteiger partial charge in [-0.2, -0.15) is 0 Å². The van der Waals surface area contributed by atoms with Crippen LogP contribution in [-0.4, -0.2) is 5.78 Å². The molecule has 3 rings (SSSR count). The van der Waals surface area contributed by atoms with Gasteiger partial charge in [-0.1, -0.05) is 11.6 Å². The molecule has 20 heavy (non-hydrogen) atoms. The summed E-state index contributed by atoms with van der Waals surface area (Å²) in [5.74, 6) is -0.295. The van der Waals surface area contributed by atoms with Gasteiger partial charge in [-0.25, -0.2) is 4.39 Å². The first-order valence-corrected chi connectivity index (χ1v) is 6.35. The normalized spacial score (nSPS) is 10.9. The van der Waals surface area contributed by atoms with Crippen molar-refractivity contribution in [3.05, 3.63) is 70.7 Å². The number of carbonyl (C=O) groups is 1. The van der Waals surface area contributed by atoms with Crippen molar-refractivity contribution < 1.29 is 13.6 Å². The summed E-state index contributed by atoms with van der Waals surface area (Å²) in [5.41, 5.74) is 2.85. The molecule has 0 radical (unpaired) electrons. The van der Waals surface area contributed by atoms with E-state index in [-0.39, 0.29) is 17.4 Å². The highest BCUT2D eigenvalue weighted by atomic mass is 19.1. The van der Waals surface area contributed by atoms with Crippen LogP contribution in [0.2, 0.25) is 0 Å². The topological polar surface area (TPSA) is 30.2 Å². The Balaban J connectivity index is 2.08. The number of benzene rings is 2. The zero-order valence-electron chi connectivity index (χ0n) is 11.2. The van der Waals surface area contributed by atoms with Gasteiger partial charge in [0.1, 0.15) is 11.4 Å². The molecule has 0 N–H and O–H groups in total. The first kappa shape index (κ1) is 12.6. The summed E-state index contributed by atoms with van der Waals surface area (Å²) in [5, 5.41) is 0.896. The van der Waals surface area contributed by atoms with Crippen LogP contribution in [0.15, 0.2) is 46.9 Å². The molecule has 2 nitrogen and oxygen atoms in total. The number of hydrogen-bond acceptors (Lipinski definition) is 2. The number of halogens is 1. The molecule has 0 amide bonds. The number of ketones is 1. The fourth-order valence-electron chi connectivity index (χ4n) is 2.29. The molecule has 0 atom stereocenters. The maximum absolute atomic E-state index is 13.1. The molecule has 0 unspecified atom stereocenters. The van der Waals surface area contributed by atoms with Crippen molar-refractivity contribution in [2.24, 2.45) is 0 Å². The molecule has 0 aliphatic rings. The van der Waals surface area contributed by atoms with Gasteiger partial charge >= 0.3 is 0 Å². The third-order valence-corrected chi connectivity index (χ3v) is 3.33. The average molecular weight is 268 g/mol. The molecule has 0 spiro atoms. The first-order valence-electron chi connectivity index (χ1n) is 6.35. The van der Waals surface area contributed by atoms with Gasteiger partial charge in [-0.3, -0.25) is 4.79 Å². The molecule has 0 saturated carbocycles. The van der Waals surface area contributed by atoms with E-state index in [2.05, 4.69) is 0 Å². The van der Waals surface area contributed by atoms with Crippen LogP contribution in [0.25, 0.3) is 11.0 Å². The van der Waals surface area contributed by atoms with Crippen LogP contribution in [0.1, 0.15) is 27.2 Å². The average Bonchev–Trinajstić information content (AvgIpc) is 2.81. The Hall–Kier alpha value is -2.42. The number of fused-ring (bicyclic) bond motifs is 1. The minimum atomic E-state index is -0.348. The second-order valence-corrected chi connectivity index (χ2v) is 4.94. The zero-order chi connectivity index (χ0) is 14.3. The van der Waals surface area contributed by atoms with Crippen molar-refractivity contribution in [2.75, 3.05) is 0 Å². The Morgan fingerprint density at radius 1 is 1.05 bits per heavy atom. The molecule has 0 aliphatic carbocycles. The number of furan rings is 1. The standard InChI is InChI=1S/C17H13FO2/c1-10-3-6-15-12(7-10)9-16(20-15)17(19)14-5-4-13(18)8-11(14)2/h3-9H,1-2H3. The van der Waals surface area contributed by atoms with Gasteiger partial charge < -0.3 is 4.42 Å². The van der Waals surface area contributed by atoms with Crippen LogP contribution in [0.3, 0.4) is 0 Å². The van der Waals surface area contributed by atoms with Crippen LogP contribution in [-0.2, 0) is 0 Å². The Morgan fingerprint density at radius 2 is 1.85 bits per heavy atom. The number of carbonyl (C=O) groups excluding carboxylic acids is 1. The van der Waals surface area contributed by atoms with Crippen molar-refractivity contribution in [2.45, 2.75) is 13.8 Å². The molecule has 0 saturated heterocycles. The first-order chi connectivity index (χ1) is 9.54. The summed E-state index contributed by atoms with van der Waals surface area (Å²) in [6.07, 6.45) is 0. The van der Waals surface area contributed by atoms with Crippen LogP contribution in [0, 0.1) is 19.7 Å². The highest BCUT2D eigenvalue weighted by Crippen LogP contribution is 2.23. The van der Waals surface area contributed by atoms with Gasteiger partial charge in [0.2, 0.25) is 5.78 Å². The van der Waals surface area contributed by atoms with E-state index in [0.717, 1.165) is 10.9 Å². The lowest BCUT2D eigenvalue weighted by molar-refractivity contribution is 0.101. The SMILES string of the molecule is Cc1ccc2oc(C(=O)c3ccc(F)cc3C)cc2c1. The lowest BCUT2D eigenvalue weighted by Gasteiger charge is -2.02. The largest absolute Gasteiger partial charge is 0.453 e. The Labute approximate surface area is 115 Å². The van der Waals surface area contributed by atoms with Gasteiger partial charge in [0.05, 0.1) is 0 Å². The molecule has 1 heterocycles. The van der Waals surface area contributed by atoms with E-state index in [9.17, 15) is 9.18 Å². The van der Waals surface area contributed by atoms with E-state index >= 15 is 0 Å². The molecular formula is C17H13FO2. The molecule has 1 aromatic heterocycles. The molecule has 3 aromatic rings. The number of rotatable bonds is 2. The van der Waals surface area contributed by atoms with Crippen LogP contribution in [0.4, 0.5) is 4.39 Å². The van der Waals surface area contributed by atoms with Gasteiger partial charge in [-0.05, 0) is 55.8 Å². The maximum Gasteiger partial charge on any atom is 0.228 e. The predicted molar refractivity (Wildman–Crippen MR) is 75.5 cm³/mol. The molecule has 2 aromatic carbocycles. The lowest BCUT2D eigenvalue weighted by atomic mass is 10.0. The smallest absolute Gasteiger partial charge is 0.228 e. The zero-order valence-corrected chi connectivity index (χ0v) is 11.2. The van der Waals surface area contributed by atoms with Crippen LogP contribution >= 0.6 is 0 Å². The summed E-state index contributed by atoms with van der Waals surface area (Å²) in [7, 11) is 0. The minimum absolute atomic E-state index is 0.226.